The molecule has 1 aliphatic heterocycles. The quantitative estimate of drug-likeness (QED) is 0.862. The van der Waals surface area contributed by atoms with Crippen molar-refractivity contribution in [1.29, 1.82) is 0 Å². The maximum atomic E-state index is 12.8. The number of rotatable bonds is 5. The van der Waals surface area contributed by atoms with E-state index in [2.05, 4.69) is 0 Å². The van der Waals surface area contributed by atoms with Crippen molar-refractivity contribution in [2.45, 2.75) is 37.3 Å². The van der Waals surface area contributed by atoms with Crippen LogP contribution in [0.2, 0.25) is 10.0 Å². The normalized spacial score (nSPS) is 28.9. The van der Waals surface area contributed by atoms with Gasteiger partial charge >= 0.3 is 5.97 Å². The van der Waals surface area contributed by atoms with Crippen LogP contribution < -0.4 is 0 Å². The highest BCUT2D eigenvalue weighted by Crippen LogP contribution is 2.50. The summed E-state index contributed by atoms with van der Waals surface area (Å²) in [6, 6.07) is 5.03. The van der Waals surface area contributed by atoms with E-state index in [-0.39, 0.29) is 36.3 Å². The van der Waals surface area contributed by atoms with Crippen molar-refractivity contribution in [2.75, 3.05) is 13.7 Å². The van der Waals surface area contributed by atoms with Crippen LogP contribution >= 0.6 is 23.2 Å². The van der Waals surface area contributed by atoms with E-state index < -0.39 is 5.97 Å². The topological polar surface area (TPSA) is 66.8 Å². The number of carboxylic acid groups (broad SMARTS) is 1. The third kappa shape index (κ3) is 3.68. The van der Waals surface area contributed by atoms with Crippen molar-refractivity contribution in [2.24, 2.45) is 5.92 Å². The van der Waals surface area contributed by atoms with Gasteiger partial charge < -0.3 is 14.7 Å². The van der Waals surface area contributed by atoms with Crippen molar-refractivity contribution in [1.82, 2.24) is 4.90 Å². The number of carbonyl (C=O) groups excluding carboxylic acids is 1. The number of hydrogen-bond donors (Lipinski definition) is 1. The number of nitrogens with zero attached hydrogens (tertiary/aromatic N) is 1. The molecule has 1 aliphatic carbocycles. The molecule has 1 heterocycles. The Labute approximate surface area is 150 Å². The second-order valence-corrected chi connectivity index (χ2v) is 7.36. The summed E-state index contributed by atoms with van der Waals surface area (Å²) in [6.07, 6.45) is 1.15. The number of aliphatic carboxylic acids is 1. The number of halogens is 2. The second kappa shape index (κ2) is 6.90. The van der Waals surface area contributed by atoms with Crippen LogP contribution in [-0.2, 0) is 14.3 Å². The van der Waals surface area contributed by atoms with Crippen LogP contribution in [0.25, 0.3) is 0 Å². The van der Waals surface area contributed by atoms with Gasteiger partial charge in [-0.15, -0.1) is 0 Å². The molecule has 5 nitrogen and oxygen atoms in total. The molecule has 2 fully saturated rings. The van der Waals surface area contributed by atoms with E-state index in [9.17, 15) is 9.59 Å². The third-order valence-electron chi connectivity index (χ3n) is 4.82. The number of carbonyl (C=O) groups is 2. The van der Waals surface area contributed by atoms with Gasteiger partial charge in [0.25, 0.3) is 0 Å². The fraction of sp³-hybridized carbons (Fsp3) is 0.529. The number of hydrogen-bond acceptors (Lipinski definition) is 3. The molecule has 7 heteroatoms. The van der Waals surface area contributed by atoms with Crippen LogP contribution in [0, 0.1) is 5.92 Å². The van der Waals surface area contributed by atoms with Crippen LogP contribution in [0.15, 0.2) is 18.2 Å². The molecule has 1 saturated heterocycles. The van der Waals surface area contributed by atoms with Gasteiger partial charge in [0.15, 0.2) is 0 Å². The van der Waals surface area contributed by atoms with E-state index in [1.165, 1.54) is 0 Å². The van der Waals surface area contributed by atoms with Crippen molar-refractivity contribution in [3.05, 3.63) is 33.8 Å². The van der Waals surface area contributed by atoms with Crippen LogP contribution in [-0.4, -0.2) is 47.7 Å². The molecule has 1 aromatic carbocycles. The number of amides is 1. The smallest absolute Gasteiger partial charge is 0.305 e. The van der Waals surface area contributed by atoms with Crippen LogP contribution in [0.4, 0.5) is 0 Å². The number of carboxylic acids is 1. The van der Waals surface area contributed by atoms with Gasteiger partial charge in [0, 0.05) is 35.7 Å². The summed E-state index contributed by atoms with van der Waals surface area (Å²) in [6.45, 7) is 0.451. The average molecular weight is 372 g/mol. The molecule has 1 saturated carbocycles. The van der Waals surface area contributed by atoms with Gasteiger partial charge in [-0.2, -0.15) is 0 Å². The van der Waals surface area contributed by atoms with E-state index in [1.54, 1.807) is 18.1 Å². The zero-order valence-electron chi connectivity index (χ0n) is 13.2. The van der Waals surface area contributed by atoms with Gasteiger partial charge in [-0.25, -0.2) is 0 Å². The summed E-state index contributed by atoms with van der Waals surface area (Å²) in [5.74, 6) is -0.933. The summed E-state index contributed by atoms with van der Waals surface area (Å²) in [5, 5.41) is 10.2. The Hall–Kier alpha value is -1.30. The molecule has 4 atom stereocenters. The first-order chi connectivity index (χ1) is 11.4. The summed E-state index contributed by atoms with van der Waals surface area (Å²) >= 11 is 12.1. The fourth-order valence-electron chi connectivity index (χ4n) is 3.55. The molecule has 130 valence electrons. The minimum absolute atomic E-state index is 0.00176. The zero-order chi connectivity index (χ0) is 17.4. The molecule has 1 N–H and O–H groups in total. The Bertz CT molecular complexity index is 646. The van der Waals surface area contributed by atoms with Gasteiger partial charge in [-0.3, -0.25) is 9.59 Å². The van der Waals surface area contributed by atoms with E-state index in [1.807, 2.05) is 12.1 Å². The zero-order valence-corrected chi connectivity index (χ0v) is 14.8. The Morgan fingerprint density at radius 1 is 1.25 bits per heavy atom. The Morgan fingerprint density at radius 2 is 1.92 bits per heavy atom. The monoisotopic (exact) mass is 371 g/mol. The molecule has 0 aromatic heterocycles. The first-order valence-corrected chi connectivity index (χ1v) is 8.65. The first-order valence-electron chi connectivity index (χ1n) is 7.90. The maximum Gasteiger partial charge on any atom is 0.305 e. The van der Waals surface area contributed by atoms with E-state index in [0.717, 1.165) is 12.0 Å². The highest BCUT2D eigenvalue weighted by molar-refractivity contribution is 6.34. The van der Waals surface area contributed by atoms with Gasteiger partial charge in [-0.1, -0.05) is 23.2 Å². The molecule has 4 unspecified atom stereocenters. The van der Waals surface area contributed by atoms with E-state index >= 15 is 0 Å². The molecular formula is C17H19Cl2NO4. The standard InChI is InChI=1S/C17H19Cl2NO4/c1-24-13-5-12(6-16(21)22)20(8-13)17(23)15-7-14(15)9-2-10(18)4-11(19)3-9/h2-4,12-15H,5-8H2,1H3,(H,21,22). The second-order valence-electron chi connectivity index (χ2n) is 6.49. The highest BCUT2D eigenvalue weighted by Gasteiger charge is 2.49. The third-order valence-corrected chi connectivity index (χ3v) is 5.26. The molecule has 3 rings (SSSR count). The first kappa shape index (κ1) is 17.5. The SMILES string of the molecule is COC1CC(CC(=O)O)N(C(=O)C2CC2c2cc(Cl)cc(Cl)c2)C1. The minimum Gasteiger partial charge on any atom is -0.481 e. The molecule has 24 heavy (non-hydrogen) atoms. The number of likely N-dealkylation sites (tertiary alicyclic amines) is 1. The number of ether oxygens (including phenoxy) is 1. The fourth-order valence-corrected chi connectivity index (χ4v) is 4.09. The largest absolute Gasteiger partial charge is 0.481 e. The van der Waals surface area contributed by atoms with Crippen LogP contribution in [0.5, 0.6) is 0 Å². The molecular weight excluding hydrogens is 353 g/mol. The predicted molar refractivity (Wildman–Crippen MR) is 90.5 cm³/mol. The van der Waals surface area contributed by atoms with E-state index in [0.29, 0.717) is 23.0 Å². The number of benzene rings is 1. The molecule has 1 amide bonds. The van der Waals surface area contributed by atoms with Crippen molar-refractivity contribution >= 4 is 35.1 Å². The average Bonchev–Trinajstić information content (AvgIpc) is 3.20. The molecule has 0 bridgehead atoms. The van der Waals surface area contributed by atoms with Crippen molar-refractivity contribution in [3.63, 3.8) is 0 Å². The Morgan fingerprint density at radius 3 is 2.50 bits per heavy atom. The van der Waals surface area contributed by atoms with Gasteiger partial charge in [0.1, 0.15) is 0 Å². The predicted octanol–water partition coefficient (Wildman–Crippen LogP) is 3.19. The van der Waals surface area contributed by atoms with Crippen molar-refractivity contribution in [3.8, 4) is 0 Å². The Kier molecular flexibility index (Phi) is 5.04. The molecule has 0 radical (unpaired) electrons. The Balaban J connectivity index is 1.71. The van der Waals surface area contributed by atoms with E-state index in [4.69, 9.17) is 33.0 Å². The lowest BCUT2D eigenvalue weighted by molar-refractivity contribution is -0.140. The summed E-state index contributed by atoms with van der Waals surface area (Å²) in [4.78, 5) is 25.6. The summed E-state index contributed by atoms with van der Waals surface area (Å²) in [7, 11) is 1.59. The highest BCUT2D eigenvalue weighted by atomic mass is 35.5. The van der Waals surface area contributed by atoms with Gasteiger partial charge in [-0.05, 0) is 42.5 Å². The van der Waals surface area contributed by atoms with Gasteiger partial charge in [0.2, 0.25) is 5.91 Å². The minimum atomic E-state index is -0.900. The van der Waals surface area contributed by atoms with Crippen molar-refractivity contribution < 1.29 is 19.4 Å². The maximum absolute atomic E-state index is 12.8. The van der Waals surface area contributed by atoms with Gasteiger partial charge in [0.05, 0.1) is 12.5 Å². The number of methoxy groups -OCH3 is 1. The lowest BCUT2D eigenvalue weighted by atomic mass is 10.1. The molecule has 0 spiro atoms. The molecule has 1 aromatic rings. The van der Waals surface area contributed by atoms with Crippen LogP contribution in [0.3, 0.4) is 0 Å². The lowest BCUT2D eigenvalue weighted by Crippen LogP contribution is -2.38. The lowest BCUT2D eigenvalue weighted by Gasteiger charge is -2.23. The summed E-state index contributed by atoms with van der Waals surface area (Å²) < 4.78 is 5.32. The summed E-state index contributed by atoms with van der Waals surface area (Å²) in [5.41, 5.74) is 0.961. The molecule has 2 aliphatic rings. The van der Waals surface area contributed by atoms with Crippen LogP contribution in [0.1, 0.15) is 30.7 Å².